The normalized spacial score (nSPS) is 10.4. The Hall–Kier alpha value is -2.92. The fourth-order valence-corrected chi connectivity index (χ4v) is 2.58. The second kappa shape index (κ2) is 7.32. The van der Waals surface area contributed by atoms with Gasteiger partial charge in [-0.2, -0.15) is 0 Å². The first-order valence-electron chi connectivity index (χ1n) is 7.73. The number of para-hydroxylation sites is 1. The predicted octanol–water partition coefficient (Wildman–Crippen LogP) is 4.46. The number of nitrogens with one attached hydrogen (secondary N) is 1. The van der Waals surface area contributed by atoms with Crippen LogP contribution in [0.25, 0.3) is 0 Å². The standard InChI is InChI=1S/C19H17ClN4O/c1-13-10-14(20)8-9-16(13)23-18-12-21-17(11-22-18)19(25)24(2)15-6-4-3-5-7-15/h3-12H,1-2H3,(H,22,23). The molecule has 0 unspecified atom stereocenters. The number of hydrogen-bond donors (Lipinski definition) is 1. The van der Waals surface area contributed by atoms with E-state index < -0.39 is 0 Å². The van der Waals surface area contributed by atoms with Gasteiger partial charge in [0.25, 0.3) is 5.91 Å². The lowest BCUT2D eigenvalue weighted by Crippen LogP contribution is -2.27. The molecule has 0 bridgehead atoms. The van der Waals surface area contributed by atoms with E-state index in [1.807, 2.05) is 49.4 Å². The Morgan fingerprint density at radius 3 is 2.48 bits per heavy atom. The molecule has 25 heavy (non-hydrogen) atoms. The number of rotatable bonds is 4. The summed E-state index contributed by atoms with van der Waals surface area (Å²) in [5.41, 5.74) is 2.97. The van der Waals surface area contributed by atoms with E-state index in [0.29, 0.717) is 10.8 Å². The Kier molecular flexibility index (Phi) is 4.95. The Morgan fingerprint density at radius 1 is 1.08 bits per heavy atom. The summed E-state index contributed by atoms with van der Waals surface area (Å²) in [5.74, 6) is 0.345. The van der Waals surface area contributed by atoms with Crippen molar-refractivity contribution in [3.8, 4) is 0 Å². The molecule has 3 aromatic rings. The highest BCUT2D eigenvalue weighted by molar-refractivity contribution is 6.30. The van der Waals surface area contributed by atoms with Crippen LogP contribution in [0, 0.1) is 6.92 Å². The van der Waals surface area contributed by atoms with E-state index in [1.54, 1.807) is 24.2 Å². The van der Waals surface area contributed by atoms with Crippen molar-refractivity contribution in [2.75, 3.05) is 17.3 Å². The van der Waals surface area contributed by atoms with E-state index in [0.717, 1.165) is 16.9 Å². The fourth-order valence-electron chi connectivity index (χ4n) is 2.35. The molecule has 1 amide bonds. The summed E-state index contributed by atoms with van der Waals surface area (Å²) in [5, 5.41) is 3.85. The second-order valence-corrected chi connectivity index (χ2v) is 6.01. The maximum absolute atomic E-state index is 12.5. The number of benzene rings is 2. The van der Waals surface area contributed by atoms with Crippen molar-refractivity contribution < 1.29 is 4.79 Å². The molecule has 5 nitrogen and oxygen atoms in total. The molecule has 6 heteroatoms. The molecule has 2 aromatic carbocycles. The number of amides is 1. The fraction of sp³-hybridized carbons (Fsp3) is 0.105. The monoisotopic (exact) mass is 352 g/mol. The maximum atomic E-state index is 12.5. The molecule has 0 radical (unpaired) electrons. The third-order valence-corrected chi connectivity index (χ3v) is 4.01. The highest BCUT2D eigenvalue weighted by atomic mass is 35.5. The summed E-state index contributed by atoms with van der Waals surface area (Å²) >= 11 is 5.96. The number of nitrogens with zero attached hydrogens (tertiary/aromatic N) is 3. The van der Waals surface area contributed by atoms with Crippen LogP contribution in [0.2, 0.25) is 5.02 Å². The van der Waals surface area contributed by atoms with E-state index in [9.17, 15) is 4.79 Å². The van der Waals surface area contributed by atoms with Gasteiger partial charge in [0.1, 0.15) is 11.5 Å². The molecule has 1 aromatic heterocycles. The van der Waals surface area contributed by atoms with Crippen LogP contribution in [0.1, 0.15) is 16.1 Å². The maximum Gasteiger partial charge on any atom is 0.278 e. The molecule has 0 aliphatic carbocycles. The van der Waals surface area contributed by atoms with Gasteiger partial charge < -0.3 is 10.2 Å². The minimum atomic E-state index is -0.215. The summed E-state index contributed by atoms with van der Waals surface area (Å²) in [4.78, 5) is 22.5. The molecule has 1 N–H and O–H groups in total. The molecule has 0 spiro atoms. The van der Waals surface area contributed by atoms with Gasteiger partial charge in [0.05, 0.1) is 12.4 Å². The van der Waals surface area contributed by atoms with Gasteiger partial charge in [-0.1, -0.05) is 29.8 Å². The molecular formula is C19H17ClN4O. The van der Waals surface area contributed by atoms with Crippen LogP contribution >= 0.6 is 11.6 Å². The van der Waals surface area contributed by atoms with Crippen LogP contribution in [0.4, 0.5) is 17.2 Å². The van der Waals surface area contributed by atoms with Gasteiger partial charge in [-0.25, -0.2) is 9.97 Å². The van der Waals surface area contributed by atoms with Gasteiger partial charge in [0.2, 0.25) is 0 Å². The van der Waals surface area contributed by atoms with Crippen LogP contribution in [-0.2, 0) is 0 Å². The zero-order valence-electron chi connectivity index (χ0n) is 13.9. The number of anilines is 3. The average molecular weight is 353 g/mol. The van der Waals surface area contributed by atoms with E-state index in [2.05, 4.69) is 15.3 Å². The summed E-state index contributed by atoms with van der Waals surface area (Å²) < 4.78 is 0. The molecule has 0 atom stereocenters. The summed E-state index contributed by atoms with van der Waals surface area (Å²) in [6, 6.07) is 14.9. The van der Waals surface area contributed by atoms with Crippen molar-refractivity contribution in [3.63, 3.8) is 0 Å². The Balaban J connectivity index is 1.74. The number of halogens is 1. The van der Waals surface area contributed by atoms with Gasteiger partial charge >= 0.3 is 0 Å². The van der Waals surface area contributed by atoms with Crippen molar-refractivity contribution in [1.29, 1.82) is 0 Å². The minimum absolute atomic E-state index is 0.215. The van der Waals surface area contributed by atoms with E-state index >= 15 is 0 Å². The number of carbonyl (C=O) groups excluding carboxylic acids is 1. The molecule has 0 fully saturated rings. The van der Waals surface area contributed by atoms with Gasteiger partial charge in [-0.3, -0.25) is 4.79 Å². The number of aryl methyl sites for hydroxylation is 1. The van der Waals surface area contributed by atoms with Gasteiger partial charge in [-0.15, -0.1) is 0 Å². The lowest BCUT2D eigenvalue weighted by molar-refractivity contribution is 0.0988. The highest BCUT2D eigenvalue weighted by Crippen LogP contribution is 2.22. The molecule has 1 heterocycles. The lowest BCUT2D eigenvalue weighted by atomic mass is 10.2. The number of hydrogen-bond acceptors (Lipinski definition) is 4. The minimum Gasteiger partial charge on any atom is -0.339 e. The smallest absolute Gasteiger partial charge is 0.278 e. The third kappa shape index (κ3) is 3.95. The van der Waals surface area contributed by atoms with Crippen LogP contribution < -0.4 is 10.2 Å². The SMILES string of the molecule is Cc1cc(Cl)ccc1Nc1cnc(C(=O)N(C)c2ccccc2)cn1. The molecule has 0 saturated carbocycles. The van der Waals surface area contributed by atoms with Gasteiger partial charge in [-0.05, 0) is 42.8 Å². The van der Waals surface area contributed by atoms with Crippen molar-refractivity contribution in [2.45, 2.75) is 6.92 Å². The van der Waals surface area contributed by atoms with Crippen molar-refractivity contribution in [3.05, 3.63) is 77.2 Å². The molecule has 3 rings (SSSR count). The van der Waals surface area contributed by atoms with E-state index in [4.69, 9.17) is 11.6 Å². The first kappa shape index (κ1) is 16.9. The average Bonchev–Trinajstić information content (AvgIpc) is 2.64. The Bertz CT molecular complexity index is 882. The van der Waals surface area contributed by atoms with Crippen molar-refractivity contribution in [2.24, 2.45) is 0 Å². The first-order valence-corrected chi connectivity index (χ1v) is 8.11. The van der Waals surface area contributed by atoms with Crippen LogP contribution in [0.3, 0.4) is 0 Å². The van der Waals surface area contributed by atoms with Crippen molar-refractivity contribution in [1.82, 2.24) is 9.97 Å². The molecular weight excluding hydrogens is 336 g/mol. The largest absolute Gasteiger partial charge is 0.339 e. The van der Waals surface area contributed by atoms with Gasteiger partial charge in [0.15, 0.2) is 0 Å². The highest BCUT2D eigenvalue weighted by Gasteiger charge is 2.15. The Labute approximate surface area is 151 Å². The van der Waals surface area contributed by atoms with Crippen LogP contribution in [0.5, 0.6) is 0 Å². The predicted molar refractivity (Wildman–Crippen MR) is 101 cm³/mol. The van der Waals surface area contributed by atoms with Crippen LogP contribution in [0.15, 0.2) is 60.9 Å². The molecule has 0 aliphatic heterocycles. The summed E-state index contributed by atoms with van der Waals surface area (Å²) in [6.45, 7) is 1.95. The Morgan fingerprint density at radius 2 is 1.84 bits per heavy atom. The van der Waals surface area contributed by atoms with Gasteiger partial charge in [0, 0.05) is 23.4 Å². The van der Waals surface area contributed by atoms with E-state index in [1.165, 1.54) is 6.20 Å². The zero-order valence-corrected chi connectivity index (χ0v) is 14.7. The first-order chi connectivity index (χ1) is 12.0. The van der Waals surface area contributed by atoms with Crippen molar-refractivity contribution >= 4 is 34.7 Å². The zero-order chi connectivity index (χ0) is 17.8. The third-order valence-electron chi connectivity index (χ3n) is 3.77. The summed E-state index contributed by atoms with van der Waals surface area (Å²) in [7, 11) is 1.71. The lowest BCUT2D eigenvalue weighted by Gasteiger charge is -2.16. The molecule has 0 saturated heterocycles. The topological polar surface area (TPSA) is 58.1 Å². The van der Waals surface area contributed by atoms with E-state index in [-0.39, 0.29) is 11.6 Å². The second-order valence-electron chi connectivity index (χ2n) is 5.57. The number of carbonyl (C=O) groups is 1. The molecule has 0 aliphatic rings. The number of aromatic nitrogens is 2. The summed E-state index contributed by atoms with van der Waals surface area (Å²) in [6.07, 6.45) is 3.01. The quantitative estimate of drug-likeness (QED) is 0.753. The van der Waals surface area contributed by atoms with Crippen LogP contribution in [-0.4, -0.2) is 22.9 Å². The molecule has 126 valence electrons.